The van der Waals surface area contributed by atoms with E-state index in [4.69, 9.17) is 17.3 Å². The van der Waals surface area contributed by atoms with Gasteiger partial charge in [-0.05, 0) is 30.4 Å². The molecule has 118 valence electrons. The molecule has 0 radical (unpaired) electrons. The third kappa shape index (κ3) is 5.68. The van der Waals surface area contributed by atoms with E-state index < -0.39 is 0 Å². The number of nitrogens with two attached hydrogens (primary N) is 1. The van der Waals surface area contributed by atoms with Crippen molar-refractivity contribution in [2.45, 2.75) is 40.7 Å². The molecule has 1 unspecified atom stereocenters. The first-order valence-electron chi connectivity index (χ1n) is 7.50. The van der Waals surface area contributed by atoms with Crippen LogP contribution in [-0.4, -0.2) is 23.9 Å². The minimum absolute atomic E-state index is 0.0868. The number of halogens is 1. The molecule has 0 bridgehead atoms. The van der Waals surface area contributed by atoms with Crippen LogP contribution in [0.25, 0.3) is 0 Å². The summed E-state index contributed by atoms with van der Waals surface area (Å²) in [6.45, 7) is 9.96. The normalized spacial score (nSPS) is 13.0. The summed E-state index contributed by atoms with van der Waals surface area (Å²) >= 11 is 6.19. The van der Waals surface area contributed by atoms with Gasteiger partial charge < -0.3 is 10.6 Å². The van der Waals surface area contributed by atoms with Crippen LogP contribution in [0.5, 0.6) is 0 Å². The first kappa shape index (κ1) is 18.0. The second kappa shape index (κ2) is 7.81. The van der Waals surface area contributed by atoms with Crippen molar-refractivity contribution in [1.82, 2.24) is 4.90 Å². The largest absolute Gasteiger partial charge is 0.338 e. The van der Waals surface area contributed by atoms with Gasteiger partial charge in [-0.3, -0.25) is 4.79 Å². The minimum Gasteiger partial charge on any atom is -0.338 e. The Morgan fingerprint density at radius 1 is 1.33 bits per heavy atom. The van der Waals surface area contributed by atoms with E-state index in [1.165, 1.54) is 0 Å². The number of hydrogen-bond acceptors (Lipinski definition) is 2. The van der Waals surface area contributed by atoms with Gasteiger partial charge in [0.15, 0.2) is 0 Å². The molecule has 3 nitrogen and oxygen atoms in total. The van der Waals surface area contributed by atoms with Gasteiger partial charge in [0.2, 0.25) is 5.91 Å². The minimum atomic E-state index is -0.132. The highest BCUT2D eigenvalue weighted by atomic mass is 35.5. The number of carbonyl (C=O) groups excluding carboxylic acids is 1. The smallest absolute Gasteiger partial charge is 0.227 e. The Morgan fingerprint density at radius 2 is 1.95 bits per heavy atom. The Labute approximate surface area is 133 Å². The summed E-state index contributed by atoms with van der Waals surface area (Å²) in [6.07, 6.45) is 0.793. The van der Waals surface area contributed by atoms with E-state index in [-0.39, 0.29) is 17.2 Å². The first-order valence-corrected chi connectivity index (χ1v) is 7.88. The highest BCUT2D eigenvalue weighted by Crippen LogP contribution is 2.26. The second-order valence-corrected chi connectivity index (χ2v) is 7.05. The van der Waals surface area contributed by atoms with Crippen molar-refractivity contribution >= 4 is 17.5 Å². The van der Waals surface area contributed by atoms with Crippen LogP contribution in [0, 0.1) is 11.3 Å². The van der Waals surface area contributed by atoms with Crippen LogP contribution < -0.4 is 5.73 Å². The Balaban J connectivity index is 2.83. The maximum atomic E-state index is 12.7. The summed E-state index contributed by atoms with van der Waals surface area (Å²) in [7, 11) is 0. The van der Waals surface area contributed by atoms with Crippen LogP contribution in [0.1, 0.15) is 39.7 Å². The van der Waals surface area contributed by atoms with Crippen molar-refractivity contribution < 1.29 is 4.79 Å². The van der Waals surface area contributed by atoms with Crippen LogP contribution in [-0.2, 0) is 11.3 Å². The Morgan fingerprint density at radius 3 is 2.43 bits per heavy atom. The van der Waals surface area contributed by atoms with Gasteiger partial charge in [-0.1, -0.05) is 50.6 Å². The molecule has 21 heavy (non-hydrogen) atoms. The van der Waals surface area contributed by atoms with E-state index in [2.05, 4.69) is 20.8 Å². The topological polar surface area (TPSA) is 46.3 Å². The summed E-state index contributed by atoms with van der Waals surface area (Å²) in [6, 6.07) is 7.64. The average Bonchev–Trinajstić information content (AvgIpc) is 2.42. The molecule has 4 heteroatoms. The van der Waals surface area contributed by atoms with E-state index in [9.17, 15) is 4.79 Å². The van der Waals surface area contributed by atoms with Crippen LogP contribution in [0.4, 0.5) is 0 Å². The summed E-state index contributed by atoms with van der Waals surface area (Å²) in [5, 5.41) is 0.698. The number of benzene rings is 1. The van der Waals surface area contributed by atoms with E-state index in [0.717, 1.165) is 12.0 Å². The molecule has 1 aromatic carbocycles. The Bertz CT molecular complexity index is 468. The fourth-order valence-electron chi connectivity index (χ4n) is 2.45. The van der Waals surface area contributed by atoms with Crippen molar-refractivity contribution in [3.63, 3.8) is 0 Å². The number of carbonyl (C=O) groups is 1. The molecular weight excluding hydrogens is 284 g/mol. The predicted molar refractivity (Wildman–Crippen MR) is 89.2 cm³/mol. The van der Waals surface area contributed by atoms with Gasteiger partial charge in [-0.15, -0.1) is 0 Å². The summed E-state index contributed by atoms with van der Waals surface area (Å²) in [4.78, 5) is 14.5. The maximum Gasteiger partial charge on any atom is 0.227 e. The summed E-state index contributed by atoms with van der Waals surface area (Å²) in [5.74, 6) is -0.0118. The SMILES string of the molecule is CCN(Cc1ccccc1Cl)C(=O)C(CN)CC(C)(C)C. The van der Waals surface area contributed by atoms with Gasteiger partial charge in [0, 0.05) is 24.7 Å². The van der Waals surface area contributed by atoms with E-state index in [1.54, 1.807) is 0 Å². The number of hydrogen-bond donors (Lipinski definition) is 1. The lowest BCUT2D eigenvalue weighted by molar-refractivity contribution is -0.136. The van der Waals surface area contributed by atoms with Gasteiger partial charge in [-0.2, -0.15) is 0 Å². The molecule has 1 amide bonds. The lowest BCUT2D eigenvalue weighted by atomic mass is 9.84. The van der Waals surface area contributed by atoms with Crippen LogP contribution in [0.3, 0.4) is 0 Å². The van der Waals surface area contributed by atoms with E-state index >= 15 is 0 Å². The number of amides is 1. The average molecular weight is 311 g/mol. The van der Waals surface area contributed by atoms with Crippen molar-refractivity contribution in [2.24, 2.45) is 17.1 Å². The van der Waals surface area contributed by atoms with Gasteiger partial charge >= 0.3 is 0 Å². The molecule has 0 aromatic heterocycles. The molecule has 0 saturated heterocycles. The summed E-state index contributed by atoms with van der Waals surface area (Å²) < 4.78 is 0. The van der Waals surface area contributed by atoms with Crippen molar-refractivity contribution in [3.8, 4) is 0 Å². The quantitative estimate of drug-likeness (QED) is 0.871. The fourth-order valence-corrected chi connectivity index (χ4v) is 2.64. The Kier molecular flexibility index (Phi) is 6.69. The highest BCUT2D eigenvalue weighted by Gasteiger charge is 2.27. The molecule has 0 aliphatic heterocycles. The zero-order chi connectivity index (χ0) is 16.0. The van der Waals surface area contributed by atoms with Gasteiger partial charge in [0.05, 0.1) is 5.92 Å². The monoisotopic (exact) mass is 310 g/mol. The zero-order valence-corrected chi connectivity index (χ0v) is 14.3. The molecular formula is C17H27ClN2O. The summed E-state index contributed by atoms with van der Waals surface area (Å²) in [5.41, 5.74) is 6.88. The van der Waals surface area contributed by atoms with E-state index in [1.807, 2.05) is 36.1 Å². The standard InChI is InChI=1S/C17H27ClN2O/c1-5-20(12-13-8-6-7-9-15(13)18)16(21)14(11-19)10-17(2,3)4/h6-9,14H,5,10-12,19H2,1-4H3. The molecule has 2 N–H and O–H groups in total. The van der Waals surface area contributed by atoms with Crippen LogP contribution in [0.2, 0.25) is 5.02 Å². The zero-order valence-electron chi connectivity index (χ0n) is 13.5. The van der Waals surface area contributed by atoms with Gasteiger partial charge in [-0.25, -0.2) is 0 Å². The molecule has 0 aliphatic carbocycles. The third-order valence-electron chi connectivity index (χ3n) is 3.50. The van der Waals surface area contributed by atoms with Crippen molar-refractivity contribution in [1.29, 1.82) is 0 Å². The van der Waals surface area contributed by atoms with E-state index in [0.29, 0.717) is 24.7 Å². The predicted octanol–water partition coefficient (Wildman–Crippen LogP) is 3.70. The number of rotatable bonds is 6. The Hall–Kier alpha value is -1.06. The lowest BCUT2D eigenvalue weighted by Gasteiger charge is -2.30. The molecule has 1 aromatic rings. The first-order chi connectivity index (χ1) is 9.78. The molecule has 1 rings (SSSR count). The molecule has 0 heterocycles. The molecule has 0 aliphatic rings. The van der Waals surface area contributed by atoms with Gasteiger partial charge in [0.1, 0.15) is 0 Å². The second-order valence-electron chi connectivity index (χ2n) is 6.64. The van der Waals surface area contributed by atoms with Crippen LogP contribution in [0.15, 0.2) is 24.3 Å². The fraction of sp³-hybridized carbons (Fsp3) is 0.588. The maximum absolute atomic E-state index is 12.7. The molecule has 0 saturated carbocycles. The van der Waals surface area contributed by atoms with Crippen molar-refractivity contribution in [2.75, 3.05) is 13.1 Å². The van der Waals surface area contributed by atoms with Crippen LogP contribution >= 0.6 is 11.6 Å². The third-order valence-corrected chi connectivity index (χ3v) is 3.87. The number of nitrogens with zero attached hydrogens (tertiary/aromatic N) is 1. The van der Waals surface area contributed by atoms with Crippen molar-refractivity contribution in [3.05, 3.63) is 34.9 Å². The lowest BCUT2D eigenvalue weighted by Crippen LogP contribution is -2.40. The molecule has 0 fully saturated rings. The molecule has 0 spiro atoms. The highest BCUT2D eigenvalue weighted by molar-refractivity contribution is 6.31. The molecule has 1 atom stereocenters. The van der Waals surface area contributed by atoms with Gasteiger partial charge in [0.25, 0.3) is 0 Å².